The molecule has 2 aliphatic rings. The van der Waals surface area contributed by atoms with Crippen molar-refractivity contribution in [2.75, 3.05) is 44.3 Å². The lowest BCUT2D eigenvalue weighted by Crippen LogP contribution is -2.36. The Labute approximate surface area is 212 Å². The number of nitro benzene ring substituents is 1. The van der Waals surface area contributed by atoms with Gasteiger partial charge in [-0.3, -0.25) is 10.1 Å². The highest BCUT2D eigenvalue weighted by molar-refractivity contribution is 5.85. The summed E-state index contributed by atoms with van der Waals surface area (Å²) >= 11 is 0. The molecule has 1 aliphatic carbocycles. The zero-order valence-electron chi connectivity index (χ0n) is 21.0. The molecular weight excluding hydrogens is 454 g/mol. The van der Waals surface area contributed by atoms with Crippen LogP contribution in [0.2, 0.25) is 0 Å². The molecule has 1 aliphatic heterocycles. The van der Waals surface area contributed by atoms with E-state index in [0.29, 0.717) is 18.8 Å². The van der Waals surface area contributed by atoms with E-state index in [4.69, 9.17) is 4.74 Å². The third-order valence-corrected chi connectivity index (χ3v) is 6.53. The van der Waals surface area contributed by atoms with Gasteiger partial charge in [-0.05, 0) is 61.6 Å². The van der Waals surface area contributed by atoms with Gasteiger partial charge in [-0.2, -0.15) is 10.2 Å². The van der Waals surface area contributed by atoms with Crippen LogP contribution in [-0.2, 0) is 4.74 Å². The molecule has 1 heterocycles. The van der Waals surface area contributed by atoms with E-state index in [9.17, 15) is 10.1 Å². The molecule has 8 heteroatoms. The summed E-state index contributed by atoms with van der Waals surface area (Å²) < 4.78 is 5.59. The predicted octanol–water partition coefficient (Wildman–Crippen LogP) is 5.31. The highest BCUT2D eigenvalue weighted by Crippen LogP contribution is 2.35. The van der Waals surface area contributed by atoms with Gasteiger partial charge in [0, 0.05) is 55.3 Å². The summed E-state index contributed by atoms with van der Waals surface area (Å²) in [6.45, 7) is 9.46. The lowest BCUT2D eigenvalue weighted by Gasteiger charge is -2.31. The predicted molar refractivity (Wildman–Crippen MR) is 146 cm³/mol. The van der Waals surface area contributed by atoms with E-state index in [1.165, 1.54) is 34.7 Å². The molecule has 0 amide bonds. The van der Waals surface area contributed by atoms with Crippen molar-refractivity contribution in [1.29, 1.82) is 0 Å². The van der Waals surface area contributed by atoms with E-state index in [1.807, 2.05) is 6.21 Å². The molecule has 36 heavy (non-hydrogen) atoms. The number of rotatable bonds is 9. The maximum Gasteiger partial charge on any atom is 0.270 e. The summed E-state index contributed by atoms with van der Waals surface area (Å²) in [5, 5.41) is 19.4. The van der Waals surface area contributed by atoms with Crippen LogP contribution in [0.5, 0.6) is 0 Å². The van der Waals surface area contributed by atoms with Crippen LogP contribution in [0, 0.1) is 10.1 Å². The first-order valence-electron chi connectivity index (χ1n) is 12.5. The summed E-state index contributed by atoms with van der Waals surface area (Å²) in [6, 6.07) is 15.1. The molecule has 1 fully saturated rings. The lowest BCUT2D eigenvalue weighted by atomic mass is 10.1. The zero-order chi connectivity index (χ0) is 25.3. The van der Waals surface area contributed by atoms with Gasteiger partial charge in [0.25, 0.3) is 5.69 Å². The summed E-state index contributed by atoms with van der Waals surface area (Å²) in [7, 11) is 0. The van der Waals surface area contributed by atoms with Gasteiger partial charge in [0.2, 0.25) is 0 Å². The van der Waals surface area contributed by atoms with Crippen LogP contribution in [0.4, 0.5) is 11.4 Å². The van der Waals surface area contributed by atoms with Gasteiger partial charge >= 0.3 is 0 Å². The Morgan fingerprint density at radius 1 is 1.00 bits per heavy atom. The van der Waals surface area contributed by atoms with Crippen LogP contribution in [-0.4, -0.2) is 61.6 Å². The van der Waals surface area contributed by atoms with Crippen LogP contribution >= 0.6 is 0 Å². The number of morpholine rings is 1. The minimum absolute atomic E-state index is 0.0379. The fourth-order valence-electron chi connectivity index (χ4n) is 4.66. The maximum atomic E-state index is 11.0. The van der Waals surface area contributed by atoms with E-state index in [-0.39, 0.29) is 5.69 Å². The molecular formula is C28H33N5O3. The number of allylic oxidation sites excluding steroid dienone is 2. The van der Waals surface area contributed by atoms with E-state index < -0.39 is 4.92 Å². The Balaban J connectivity index is 1.56. The fraction of sp³-hybridized carbons (Fsp3) is 0.357. The number of non-ortho nitro benzene ring substituents is 1. The first-order chi connectivity index (χ1) is 17.6. The van der Waals surface area contributed by atoms with Crippen molar-refractivity contribution >= 4 is 29.9 Å². The number of nitro groups is 1. The minimum Gasteiger partial charge on any atom is -0.378 e. The van der Waals surface area contributed by atoms with Gasteiger partial charge in [-0.15, -0.1) is 0 Å². The molecule has 0 unspecified atom stereocenters. The Kier molecular flexibility index (Phi) is 8.62. The average molecular weight is 488 g/mol. The topological polar surface area (TPSA) is 83.6 Å². The molecule has 1 saturated heterocycles. The molecule has 188 valence electrons. The largest absolute Gasteiger partial charge is 0.378 e. The van der Waals surface area contributed by atoms with Crippen molar-refractivity contribution < 1.29 is 9.66 Å². The van der Waals surface area contributed by atoms with Crippen LogP contribution in [0.3, 0.4) is 0 Å². The second kappa shape index (κ2) is 12.3. The summed E-state index contributed by atoms with van der Waals surface area (Å²) in [6.07, 6.45) is 7.49. The lowest BCUT2D eigenvalue weighted by molar-refractivity contribution is -0.384. The average Bonchev–Trinajstić information content (AvgIpc) is 3.31. The maximum absolute atomic E-state index is 11.0. The number of nitrogens with zero attached hydrogens (tertiary/aromatic N) is 5. The van der Waals surface area contributed by atoms with E-state index in [1.54, 1.807) is 18.3 Å². The zero-order valence-corrected chi connectivity index (χ0v) is 21.0. The van der Waals surface area contributed by atoms with Gasteiger partial charge in [0.15, 0.2) is 0 Å². The molecule has 2 aromatic rings. The van der Waals surface area contributed by atoms with Crippen LogP contribution in [0.1, 0.15) is 37.8 Å². The van der Waals surface area contributed by atoms with Crippen LogP contribution < -0.4 is 4.90 Å². The Hall–Kier alpha value is -3.78. The van der Waals surface area contributed by atoms with Gasteiger partial charge in [-0.1, -0.05) is 24.3 Å². The quantitative estimate of drug-likeness (QED) is 0.272. The van der Waals surface area contributed by atoms with E-state index in [2.05, 4.69) is 64.2 Å². The van der Waals surface area contributed by atoms with Crippen molar-refractivity contribution in [2.24, 2.45) is 10.2 Å². The molecule has 4 rings (SSSR count). The SMILES string of the molecule is CCN(CC)c1ccc(C=C2CCC(C=NN=Cc3cccc([N+](=O)[O-])c3)=C2N2CCOCC2)cc1. The molecule has 0 atom stereocenters. The molecule has 0 radical (unpaired) electrons. The summed E-state index contributed by atoms with van der Waals surface area (Å²) in [5.41, 5.74) is 6.79. The van der Waals surface area contributed by atoms with Gasteiger partial charge in [0.1, 0.15) is 0 Å². The van der Waals surface area contributed by atoms with Crippen molar-refractivity contribution in [1.82, 2.24) is 4.90 Å². The van der Waals surface area contributed by atoms with Crippen LogP contribution in [0.25, 0.3) is 6.08 Å². The van der Waals surface area contributed by atoms with Crippen molar-refractivity contribution in [3.8, 4) is 0 Å². The normalized spacial score (nSPS) is 17.6. The van der Waals surface area contributed by atoms with E-state index in [0.717, 1.165) is 44.6 Å². The second-order valence-corrected chi connectivity index (χ2v) is 8.75. The van der Waals surface area contributed by atoms with Crippen molar-refractivity contribution in [3.05, 3.63) is 86.6 Å². The monoisotopic (exact) mass is 487 g/mol. The highest BCUT2D eigenvalue weighted by atomic mass is 16.6. The third-order valence-electron chi connectivity index (χ3n) is 6.53. The molecule has 2 aromatic carbocycles. The van der Waals surface area contributed by atoms with Gasteiger partial charge in [-0.25, -0.2) is 0 Å². The Morgan fingerprint density at radius 3 is 2.42 bits per heavy atom. The molecule has 8 nitrogen and oxygen atoms in total. The van der Waals surface area contributed by atoms with Gasteiger partial charge < -0.3 is 14.5 Å². The number of hydrogen-bond acceptors (Lipinski definition) is 7. The van der Waals surface area contributed by atoms with Crippen molar-refractivity contribution in [2.45, 2.75) is 26.7 Å². The molecule has 0 spiro atoms. The Morgan fingerprint density at radius 2 is 1.72 bits per heavy atom. The standard InChI is InChI=1S/C28H33N5O3/c1-3-31(4-2)26-12-8-22(9-13-26)18-24-10-11-25(28(24)32-14-16-36-17-15-32)21-30-29-20-23-6-5-7-27(19-23)33(34)35/h5-9,12-13,18-21H,3-4,10-11,14-17H2,1-2H3. The van der Waals surface area contributed by atoms with Crippen LogP contribution in [0.15, 0.2) is 75.6 Å². The first kappa shape index (κ1) is 25.3. The number of hydrogen-bond donors (Lipinski definition) is 0. The van der Waals surface area contributed by atoms with Crippen molar-refractivity contribution in [3.63, 3.8) is 0 Å². The minimum atomic E-state index is -0.413. The Bertz CT molecular complexity index is 1170. The molecule has 0 bridgehead atoms. The summed E-state index contributed by atoms with van der Waals surface area (Å²) in [4.78, 5) is 15.3. The molecule has 0 aromatic heterocycles. The molecule has 0 saturated carbocycles. The molecule has 0 N–H and O–H groups in total. The number of benzene rings is 2. The number of anilines is 1. The van der Waals surface area contributed by atoms with E-state index >= 15 is 0 Å². The van der Waals surface area contributed by atoms with Gasteiger partial charge in [0.05, 0.1) is 30.6 Å². The first-order valence-corrected chi connectivity index (χ1v) is 12.5. The fourth-order valence-corrected chi connectivity index (χ4v) is 4.66. The second-order valence-electron chi connectivity index (χ2n) is 8.75. The smallest absolute Gasteiger partial charge is 0.270 e. The number of ether oxygens (including phenoxy) is 1. The third kappa shape index (κ3) is 6.26. The summed E-state index contributed by atoms with van der Waals surface area (Å²) in [5.74, 6) is 0. The highest BCUT2D eigenvalue weighted by Gasteiger charge is 2.25.